The molecule has 0 saturated carbocycles. The summed E-state index contributed by atoms with van der Waals surface area (Å²) in [6.07, 6.45) is 0.466. The Kier molecular flexibility index (Phi) is 5.03. The number of halogens is 3. The first-order valence-corrected chi connectivity index (χ1v) is 8.60. The van der Waals surface area contributed by atoms with Crippen molar-refractivity contribution in [3.05, 3.63) is 32.2 Å². The van der Waals surface area contributed by atoms with Gasteiger partial charge in [0.1, 0.15) is 0 Å². The van der Waals surface area contributed by atoms with E-state index >= 15 is 0 Å². The molecule has 5 atom stereocenters. The van der Waals surface area contributed by atoms with Crippen LogP contribution >= 0.6 is 43.5 Å². The van der Waals surface area contributed by atoms with E-state index in [1.54, 1.807) is 0 Å². The Labute approximate surface area is 137 Å². The summed E-state index contributed by atoms with van der Waals surface area (Å²) in [5.74, 6) is 0.798. The lowest BCUT2D eigenvalue weighted by Crippen LogP contribution is -2.22. The van der Waals surface area contributed by atoms with Crippen LogP contribution in [0, 0.1) is 18.8 Å². The predicted molar refractivity (Wildman–Crippen MR) is 87.8 cm³/mol. The van der Waals surface area contributed by atoms with Gasteiger partial charge in [-0.2, -0.15) is 0 Å². The molecule has 0 spiro atoms. The highest BCUT2D eigenvalue weighted by molar-refractivity contribution is 9.11. The molecule has 106 valence electrons. The minimum Gasteiger partial charge on any atom is -0.375 e. The molecule has 4 heteroatoms. The number of hydrogen-bond acceptors (Lipinski definition) is 1. The lowest BCUT2D eigenvalue weighted by atomic mass is 9.84. The minimum absolute atomic E-state index is 0.0405. The van der Waals surface area contributed by atoms with Crippen LogP contribution < -0.4 is 0 Å². The summed E-state index contributed by atoms with van der Waals surface area (Å²) >= 11 is 14.0. The molecule has 5 unspecified atom stereocenters. The molecule has 0 radical (unpaired) electrons. The topological polar surface area (TPSA) is 9.23 Å². The van der Waals surface area contributed by atoms with Gasteiger partial charge in [0.05, 0.1) is 17.6 Å². The average Bonchev–Trinajstić information content (AvgIpc) is 2.57. The third-order valence-electron chi connectivity index (χ3n) is 4.23. The average molecular weight is 411 g/mol. The van der Waals surface area contributed by atoms with Crippen molar-refractivity contribution >= 4 is 43.5 Å². The normalized spacial score (nSPS) is 32.6. The van der Waals surface area contributed by atoms with Crippen LogP contribution in [-0.4, -0.2) is 12.2 Å². The van der Waals surface area contributed by atoms with Crippen molar-refractivity contribution < 1.29 is 4.74 Å². The zero-order valence-corrected chi connectivity index (χ0v) is 15.5. The number of alkyl halides is 1. The van der Waals surface area contributed by atoms with Crippen molar-refractivity contribution in [2.75, 3.05) is 0 Å². The molecule has 0 bridgehead atoms. The van der Waals surface area contributed by atoms with Gasteiger partial charge in [0.25, 0.3) is 0 Å². The lowest BCUT2D eigenvalue weighted by Gasteiger charge is -2.25. The van der Waals surface area contributed by atoms with E-state index in [4.69, 9.17) is 16.3 Å². The summed E-state index contributed by atoms with van der Waals surface area (Å²) in [6.45, 7) is 8.56. The highest BCUT2D eigenvalue weighted by Crippen LogP contribution is 2.46. The van der Waals surface area contributed by atoms with E-state index in [0.717, 1.165) is 14.5 Å². The summed E-state index contributed by atoms with van der Waals surface area (Å²) < 4.78 is 8.09. The molecular weight excluding hydrogens is 391 g/mol. The van der Waals surface area contributed by atoms with E-state index in [9.17, 15) is 0 Å². The SMILES string of the molecule is Cc1cc(Br)c(C(Cl)C2C(C)OC(C)C2C)cc1Br. The van der Waals surface area contributed by atoms with Crippen LogP contribution in [0.15, 0.2) is 21.1 Å². The number of benzene rings is 1. The molecule has 0 aliphatic carbocycles. The van der Waals surface area contributed by atoms with Gasteiger partial charge in [-0.15, -0.1) is 11.6 Å². The second-order valence-corrected chi connectivity index (χ2v) is 7.69. The summed E-state index contributed by atoms with van der Waals surface area (Å²) in [6, 6.07) is 4.24. The molecule has 0 amide bonds. The van der Waals surface area contributed by atoms with Gasteiger partial charge in [0, 0.05) is 14.9 Å². The van der Waals surface area contributed by atoms with Gasteiger partial charge >= 0.3 is 0 Å². The molecule has 1 fully saturated rings. The Balaban J connectivity index is 2.34. The maximum Gasteiger partial charge on any atom is 0.0652 e. The maximum absolute atomic E-state index is 6.77. The second-order valence-electron chi connectivity index (χ2n) is 5.51. The van der Waals surface area contributed by atoms with Gasteiger partial charge in [0.2, 0.25) is 0 Å². The molecule has 1 saturated heterocycles. The number of aryl methyl sites for hydroxylation is 1. The van der Waals surface area contributed by atoms with E-state index in [-0.39, 0.29) is 17.6 Å². The quantitative estimate of drug-likeness (QED) is 0.555. The van der Waals surface area contributed by atoms with E-state index in [0.29, 0.717) is 11.8 Å². The maximum atomic E-state index is 6.77. The second kappa shape index (κ2) is 6.05. The Morgan fingerprint density at radius 1 is 1.11 bits per heavy atom. The van der Waals surface area contributed by atoms with Gasteiger partial charge in [-0.3, -0.25) is 0 Å². The summed E-state index contributed by atoms with van der Waals surface area (Å²) in [4.78, 5) is 0. The highest BCUT2D eigenvalue weighted by Gasteiger charge is 2.42. The predicted octanol–water partition coefficient (Wildman–Crippen LogP) is 5.86. The van der Waals surface area contributed by atoms with Gasteiger partial charge < -0.3 is 4.74 Å². The van der Waals surface area contributed by atoms with Crippen molar-refractivity contribution in [2.24, 2.45) is 11.8 Å². The van der Waals surface area contributed by atoms with Crippen LogP contribution in [0.4, 0.5) is 0 Å². The molecule has 1 aliphatic rings. The van der Waals surface area contributed by atoms with Crippen LogP contribution in [0.1, 0.15) is 37.3 Å². The molecular formula is C15H19Br2ClO. The van der Waals surface area contributed by atoms with E-state index in [1.165, 1.54) is 5.56 Å². The minimum atomic E-state index is -0.0405. The van der Waals surface area contributed by atoms with Crippen LogP contribution in [0.5, 0.6) is 0 Å². The van der Waals surface area contributed by atoms with Crippen molar-refractivity contribution in [2.45, 2.75) is 45.3 Å². The lowest BCUT2D eigenvalue weighted by molar-refractivity contribution is 0.0508. The van der Waals surface area contributed by atoms with E-state index in [2.05, 4.69) is 71.7 Å². The molecule has 0 N–H and O–H groups in total. The van der Waals surface area contributed by atoms with Gasteiger partial charge in [-0.25, -0.2) is 0 Å². The van der Waals surface area contributed by atoms with Crippen LogP contribution in [0.3, 0.4) is 0 Å². The zero-order chi connectivity index (χ0) is 14.3. The van der Waals surface area contributed by atoms with Crippen molar-refractivity contribution in [1.82, 2.24) is 0 Å². The molecule has 1 aromatic carbocycles. The first kappa shape index (κ1) is 15.8. The molecule has 1 aromatic rings. The van der Waals surface area contributed by atoms with Crippen LogP contribution in [0.25, 0.3) is 0 Å². The standard InChI is InChI=1S/C15H19Br2ClO/c1-7-5-13(17)11(6-12(7)16)15(18)14-8(2)9(3)19-10(14)4/h5-6,8-10,14-15H,1-4H3. The third kappa shape index (κ3) is 3.04. The number of ether oxygens (including phenoxy) is 1. The Morgan fingerprint density at radius 3 is 2.26 bits per heavy atom. The van der Waals surface area contributed by atoms with E-state index < -0.39 is 0 Å². The Morgan fingerprint density at radius 2 is 1.74 bits per heavy atom. The van der Waals surface area contributed by atoms with Crippen molar-refractivity contribution in [1.29, 1.82) is 0 Å². The molecule has 2 rings (SSSR count). The molecule has 1 heterocycles. The summed E-state index contributed by atoms with van der Waals surface area (Å²) in [7, 11) is 0. The third-order valence-corrected chi connectivity index (χ3v) is 6.30. The molecule has 1 nitrogen and oxygen atoms in total. The van der Waals surface area contributed by atoms with Crippen molar-refractivity contribution in [3.8, 4) is 0 Å². The molecule has 1 aliphatic heterocycles. The van der Waals surface area contributed by atoms with E-state index in [1.807, 2.05) is 0 Å². The van der Waals surface area contributed by atoms with Gasteiger partial charge in [-0.1, -0.05) is 38.8 Å². The smallest absolute Gasteiger partial charge is 0.0652 e. The fourth-order valence-electron chi connectivity index (χ4n) is 2.88. The highest BCUT2D eigenvalue weighted by atomic mass is 79.9. The summed E-state index contributed by atoms with van der Waals surface area (Å²) in [5, 5.41) is -0.0405. The van der Waals surface area contributed by atoms with Gasteiger partial charge in [-0.05, 0) is 49.9 Å². The fraction of sp³-hybridized carbons (Fsp3) is 0.600. The van der Waals surface area contributed by atoms with Crippen LogP contribution in [-0.2, 0) is 4.74 Å². The summed E-state index contributed by atoms with van der Waals surface area (Å²) in [5.41, 5.74) is 2.34. The number of rotatable bonds is 2. The Hall–Kier alpha value is 0.430. The molecule has 19 heavy (non-hydrogen) atoms. The molecule has 0 aromatic heterocycles. The fourth-order valence-corrected chi connectivity index (χ4v) is 4.69. The Bertz CT molecular complexity index is 477. The number of hydrogen-bond donors (Lipinski definition) is 0. The zero-order valence-electron chi connectivity index (χ0n) is 11.6. The first-order valence-electron chi connectivity index (χ1n) is 6.58. The van der Waals surface area contributed by atoms with Crippen molar-refractivity contribution in [3.63, 3.8) is 0 Å². The monoisotopic (exact) mass is 408 g/mol. The van der Waals surface area contributed by atoms with Gasteiger partial charge in [0.15, 0.2) is 0 Å². The van der Waals surface area contributed by atoms with Crippen LogP contribution in [0.2, 0.25) is 0 Å². The largest absolute Gasteiger partial charge is 0.375 e. The first-order chi connectivity index (χ1) is 8.82.